The predicted octanol–water partition coefficient (Wildman–Crippen LogP) is 4.50. The number of hydrogen-bond acceptors (Lipinski definition) is 4. The van der Waals surface area contributed by atoms with Crippen LogP contribution in [0.3, 0.4) is 0 Å². The highest BCUT2D eigenvalue weighted by molar-refractivity contribution is 5.97. The Morgan fingerprint density at radius 3 is 2.28 bits per heavy atom. The molecule has 3 rings (SSSR count). The molecule has 5 heteroatoms. The first-order valence-electron chi connectivity index (χ1n) is 9.62. The van der Waals surface area contributed by atoms with Crippen molar-refractivity contribution in [3.63, 3.8) is 0 Å². The highest BCUT2D eigenvalue weighted by atomic mass is 16.5. The van der Waals surface area contributed by atoms with E-state index in [0.717, 1.165) is 17.5 Å². The average molecular weight is 390 g/mol. The molecule has 1 amide bonds. The number of carbonyl (C=O) groups excluding carboxylic acids is 1. The standard InChI is InChI=1S/C24H26N2O3/c1-4-18-7-9-19(10-8-18)16-26(17-20-6-5-13-25-15-20)24(27)22-14-21(28-2)11-12-23(22)29-3/h5-15H,4,16-17H2,1-3H3. The van der Waals surface area contributed by atoms with Crippen molar-refractivity contribution in [1.29, 1.82) is 0 Å². The van der Waals surface area contributed by atoms with Crippen molar-refractivity contribution in [3.8, 4) is 11.5 Å². The van der Waals surface area contributed by atoms with E-state index in [1.807, 2.05) is 12.1 Å². The number of aryl methyl sites for hydroxylation is 1. The Balaban J connectivity index is 1.94. The second-order valence-electron chi connectivity index (χ2n) is 6.76. The minimum absolute atomic E-state index is 0.121. The van der Waals surface area contributed by atoms with Crippen LogP contribution in [0.4, 0.5) is 0 Å². The van der Waals surface area contributed by atoms with Gasteiger partial charge in [0.05, 0.1) is 19.8 Å². The van der Waals surface area contributed by atoms with Crippen molar-refractivity contribution >= 4 is 5.91 Å². The van der Waals surface area contributed by atoms with Crippen molar-refractivity contribution in [2.75, 3.05) is 14.2 Å². The fourth-order valence-electron chi connectivity index (χ4n) is 3.16. The molecule has 2 aromatic carbocycles. The minimum Gasteiger partial charge on any atom is -0.497 e. The molecule has 5 nitrogen and oxygen atoms in total. The smallest absolute Gasteiger partial charge is 0.258 e. The summed E-state index contributed by atoms with van der Waals surface area (Å²) in [4.78, 5) is 19.5. The van der Waals surface area contributed by atoms with Gasteiger partial charge in [-0.1, -0.05) is 37.3 Å². The van der Waals surface area contributed by atoms with Crippen LogP contribution in [0, 0.1) is 0 Å². The molecule has 0 saturated carbocycles. The second kappa shape index (κ2) is 9.73. The van der Waals surface area contributed by atoms with Crippen LogP contribution in [-0.4, -0.2) is 30.0 Å². The maximum absolute atomic E-state index is 13.5. The molecule has 0 fully saturated rings. The van der Waals surface area contributed by atoms with Gasteiger partial charge in [-0.2, -0.15) is 0 Å². The zero-order valence-corrected chi connectivity index (χ0v) is 17.1. The average Bonchev–Trinajstić information content (AvgIpc) is 2.78. The molecular weight excluding hydrogens is 364 g/mol. The van der Waals surface area contributed by atoms with Crippen LogP contribution in [0.2, 0.25) is 0 Å². The third-order valence-corrected chi connectivity index (χ3v) is 4.83. The Bertz CT molecular complexity index is 940. The van der Waals surface area contributed by atoms with Gasteiger partial charge in [0.25, 0.3) is 5.91 Å². The quantitative estimate of drug-likeness (QED) is 0.568. The number of hydrogen-bond donors (Lipinski definition) is 0. The van der Waals surface area contributed by atoms with Crippen LogP contribution in [0.25, 0.3) is 0 Å². The third-order valence-electron chi connectivity index (χ3n) is 4.83. The van der Waals surface area contributed by atoms with Gasteiger partial charge in [0.15, 0.2) is 0 Å². The lowest BCUT2D eigenvalue weighted by Gasteiger charge is -2.24. The lowest BCUT2D eigenvalue weighted by molar-refractivity contribution is 0.0726. The lowest BCUT2D eigenvalue weighted by atomic mass is 10.1. The van der Waals surface area contributed by atoms with Crippen molar-refractivity contribution in [2.45, 2.75) is 26.4 Å². The van der Waals surface area contributed by atoms with Gasteiger partial charge >= 0.3 is 0 Å². The summed E-state index contributed by atoms with van der Waals surface area (Å²) in [6.45, 7) is 3.06. The Hall–Kier alpha value is -3.34. The van der Waals surface area contributed by atoms with E-state index in [-0.39, 0.29) is 5.91 Å². The molecular formula is C24H26N2O3. The number of methoxy groups -OCH3 is 2. The number of ether oxygens (including phenoxy) is 2. The highest BCUT2D eigenvalue weighted by Gasteiger charge is 2.21. The number of amides is 1. The van der Waals surface area contributed by atoms with Gasteiger partial charge in [0.2, 0.25) is 0 Å². The van der Waals surface area contributed by atoms with Gasteiger partial charge in [-0.05, 0) is 47.4 Å². The molecule has 0 aliphatic rings. The van der Waals surface area contributed by atoms with Gasteiger partial charge in [0, 0.05) is 25.5 Å². The van der Waals surface area contributed by atoms with Crippen LogP contribution < -0.4 is 9.47 Å². The Morgan fingerprint density at radius 1 is 0.931 bits per heavy atom. The molecule has 0 N–H and O–H groups in total. The normalized spacial score (nSPS) is 10.4. The van der Waals surface area contributed by atoms with E-state index in [9.17, 15) is 4.79 Å². The summed E-state index contributed by atoms with van der Waals surface area (Å²) in [6, 6.07) is 17.5. The molecule has 0 saturated heterocycles. The molecule has 29 heavy (non-hydrogen) atoms. The van der Waals surface area contributed by atoms with E-state index in [1.165, 1.54) is 5.56 Å². The fraction of sp³-hybridized carbons (Fsp3) is 0.250. The lowest BCUT2D eigenvalue weighted by Crippen LogP contribution is -2.30. The second-order valence-corrected chi connectivity index (χ2v) is 6.76. The Kier molecular flexibility index (Phi) is 6.85. The number of carbonyl (C=O) groups is 1. The topological polar surface area (TPSA) is 51.7 Å². The number of aromatic nitrogens is 1. The number of nitrogens with zero attached hydrogens (tertiary/aromatic N) is 2. The van der Waals surface area contributed by atoms with E-state index in [1.54, 1.807) is 49.7 Å². The number of rotatable bonds is 8. The molecule has 0 aliphatic heterocycles. The molecule has 3 aromatic rings. The summed E-state index contributed by atoms with van der Waals surface area (Å²) < 4.78 is 10.7. The molecule has 150 valence electrons. The first-order valence-corrected chi connectivity index (χ1v) is 9.62. The fourth-order valence-corrected chi connectivity index (χ4v) is 3.16. The first kappa shape index (κ1) is 20.4. The molecule has 0 aliphatic carbocycles. The maximum Gasteiger partial charge on any atom is 0.258 e. The van der Waals surface area contributed by atoms with Gasteiger partial charge in [0.1, 0.15) is 11.5 Å². The Morgan fingerprint density at radius 2 is 1.66 bits per heavy atom. The zero-order valence-electron chi connectivity index (χ0n) is 17.1. The monoisotopic (exact) mass is 390 g/mol. The number of pyridine rings is 1. The molecule has 0 spiro atoms. The van der Waals surface area contributed by atoms with E-state index >= 15 is 0 Å². The zero-order chi connectivity index (χ0) is 20.6. The Labute approximate surface area is 171 Å². The summed E-state index contributed by atoms with van der Waals surface area (Å²) in [7, 11) is 3.15. The number of benzene rings is 2. The predicted molar refractivity (Wildman–Crippen MR) is 113 cm³/mol. The summed E-state index contributed by atoms with van der Waals surface area (Å²) in [6.07, 6.45) is 4.49. The van der Waals surface area contributed by atoms with Crippen molar-refractivity contribution in [1.82, 2.24) is 9.88 Å². The highest BCUT2D eigenvalue weighted by Crippen LogP contribution is 2.26. The van der Waals surface area contributed by atoms with Crippen molar-refractivity contribution in [3.05, 3.63) is 89.2 Å². The van der Waals surface area contributed by atoms with Crippen LogP contribution in [-0.2, 0) is 19.5 Å². The molecule has 1 aromatic heterocycles. The third kappa shape index (κ3) is 5.13. The molecule has 0 radical (unpaired) electrons. The summed E-state index contributed by atoms with van der Waals surface area (Å²) in [5.41, 5.74) is 3.78. The first-order chi connectivity index (χ1) is 14.1. The van der Waals surface area contributed by atoms with E-state index in [4.69, 9.17) is 9.47 Å². The summed E-state index contributed by atoms with van der Waals surface area (Å²) >= 11 is 0. The maximum atomic E-state index is 13.5. The van der Waals surface area contributed by atoms with Crippen LogP contribution in [0.15, 0.2) is 67.0 Å². The van der Waals surface area contributed by atoms with Gasteiger partial charge < -0.3 is 14.4 Å². The summed E-state index contributed by atoms with van der Waals surface area (Å²) in [5.74, 6) is 1.01. The van der Waals surface area contributed by atoms with Gasteiger partial charge in [-0.3, -0.25) is 9.78 Å². The minimum atomic E-state index is -0.121. The van der Waals surface area contributed by atoms with Gasteiger partial charge in [-0.15, -0.1) is 0 Å². The largest absolute Gasteiger partial charge is 0.497 e. The van der Waals surface area contributed by atoms with E-state index < -0.39 is 0 Å². The van der Waals surface area contributed by atoms with E-state index in [2.05, 4.69) is 36.2 Å². The molecule has 0 atom stereocenters. The van der Waals surface area contributed by atoms with E-state index in [0.29, 0.717) is 30.2 Å². The molecule has 0 bridgehead atoms. The van der Waals surface area contributed by atoms with Crippen molar-refractivity contribution in [2.24, 2.45) is 0 Å². The SMILES string of the molecule is CCc1ccc(CN(Cc2cccnc2)C(=O)c2cc(OC)ccc2OC)cc1. The van der Waals surface area contributed by atoms with Gasteiger partial charge in [-0.25, -0.2) is 0 Å². The van der Waals surface area contributed by atoms with Crippen LogP contribution in [0.5, 0.6) is 11.5 Å². The summed E-state index contributed by atoms with van der Waals surface area (Å²) in [5, 5.41) is 0. The van der Waals surface area contributed by atoms with Crippen LogP contribution >= 0.6 is 0 Å². The van der Waals surface area contributed by atoms with Crippen molar-refractivity contribution < 1.29 is 14.3 Å². The van der Waals surface area contributed by atoms with Crippen LogP contribution in [0.1, 0.15) is 34.0 Å². The molecule has 0 unspecified atom stereocenters. The molecule has 1 heterocycles.